The number of carbonyl (C=O) groups is 2. The van der Waals surface area contributed by atoms with Crippen LogP contribution in [0, 0.1) is 0 Å². The first-order valence-corrected chi connectivity index (χ1v) is 4.82. The molecule has 17 heavy (non-hydrogen) atoms. The standard InChI is InChI=1S/C11H10N2O4/c1-16-10(14)6-3-4-8-7(5-6)9(13-12-8)11(15)17-2/h3-5H,1-2H3,(H,12,13). The number of carbonyl (C=O) groups excluding carboxylic acids is 2. The van der Waals surface area contributed by atoms with Crippen LogP contribution in [-0.4, -0.2) is 36.4 Å². The van der Waals surface area contributed by atoms with Gasteiger partial charge in [-0.25, -0.2) is 9.59 Å². The summed E-state index contributed by atoms with van der Waals surface area (Å²) in [5, 5.41) is 7.05. The highest BCUT2D eigenvalue weighted by molar-refractivity contribution is 6.04. The van der Waals surface area contributed by atoms with Crippen molar-refractivity contribution in [2.24, 2.45) is 0 Å². The second kappa shape index (κ2) is 4.25. The zero-order valence-corrected chi connectivity index (χ0v) is 9.31. The Kier molecular flexibility index (Phi) is 2.78. The van der Waals surface area contributed by atoms with Gasteiger partial charge in [-0.3, -0.25) is 5.10 Å². The Hall–Kier alpha value is -2.37. The average Bonchev–Trinajstić information content (AvgIpc) is 2.79. The summed E-state index contributed by atoms with van der Waals surface area (Å²) < 4.78 is 9.19. The fourth-order valence-electron chi connectivity index (χ4n) is 1.51. The first kappa shape index (κ1) is 11.1. The van der Waals surface area contributed by atoms with Crippen molar-refractivity contribution in [1.82, 2.24) is 10.2 Å². The van der Waals surface area contributed by atoms with E-state index in [2.05, 4.69) is 19.7 Å². The van der Waals surface area contributed by atoms with Crippen molar-refractivity contribution >= 4 is 22.8 Å². The molecule has 2 aromatic rings. The van der Waals surface area contributed by atoms with Crippen molar-refractivity contribution in [3.8, 4) is 0 Å². The monoisotopic (exact) mass is 234 g/mol. The lowest BCUT2D eigenvalue weighted by Crippen LogP contribution is -2.03. The van der Waals surface area contributed by atoms with Gasteiger partial charge in [-0.05, 0) is 18.2 Å². The predicted molar refractivity (Wildman–Crippen MR) is 58.8 cm³/mol. The number of aromatic amines is 1. The summed E-state index contributed by atoms with van der Waals surface area (Å²) in [5.41, 5.74) is 1.15. The Labute approximate surface area is 96.5 Å². The molecule has 0 radical (unpaired) electrons. The summed E-state index contributed by atoms with van der Waals surface area (Å²) in [7, 11) is 2.57. The Morgan fingerprint density at radius 3 is 2.53 bits per heavy atom. The molecule has 0 aliphatic carbocycles. The minimum Gasteiger partial charge on any atom is -0.465 e. The van der Waals surface area contributed by atoms with E-state index in [9.17, 15) is 9.59 Å². The van der Waals surface area contributed by atoms with Crippen LogP contribution in [0.3, 0.4) is 0 Å². The van der Waals surface area contributed by atoms with Crippen LogP contribution in [0.15, 0.2) is 18.2 Å². The molecule has 1 heterocycles. The minimum absolute atomic E-state index is 0.147. The summed E-state index contributed by atoms with van der Waals surface area (Å²) in [4.78, 5) is 22.8. The third kappa shape index (κ3) is 1.84. The molecule has 0 aliphatic heterocycles. The number of ether oxygens (including phenoxy) is 2. The summed E-state index contributed by atoms with van der Waals surface area (Å²) in [5.74, 6) is -1.03. The Balaban J connectivity index is 2.58. The van der Waals surface area contributed by atoms with E-state index < -0.39 is 11.9 Å². The highest BCUT2D eigenvalue weighted by atomic mass is 16.5. The normalized spacial score (nSPS) is 10.2. The number of H-pyrrole nitrogens is 1. The van der Waals surface area contributed by atoms with E-state index in [4.69, 9.17) is 0 Å². The number of nitrogens with zero attached hydrogens (tertiary/aromatic N) is 1. The number of nitrogens with one attached hydrogen (secondary N) is 1. The number of hydrogen-bond acceptors (Lipinski definition) is 5. The number of aromatic nitrogens is 2. The van der Waals surface area contributed by atoms with Crippen LogP contribution in [0.25, 0.3) is 10.9 Å². The molecule has 6 nitrogen and oxygen atoms in total. The van der Waals surface area contributed by atoms with Crippen molar-refractivity contribution < 1.29 is 19.1 Å². The van der Waals surface area contributed by atoms with Gasteiger partial charge in [-0.15, -0.1) is 0 Å². The van der Waals surface area contributed by atoms with Crippen molar-refractivity contribution in [1.29, 1.82) is 0 Å². The van der Waals surface area contributed by atoms with Gasteiger partial charge in [0.2, 0.25) is 0 Å². The highest BCUT2D eigenvalue weighted by Gasteiger charge is 2.16. The van der Waals surface area contributed by atoms with Gasteiger partial charge in [0, 0.05) is 5.39 Å². The van der Waals surface area contributed by atoms with Crippen molar-refractivity contribution in [2.45, 2.75) is 0 Å². The summed E-state index contributed by atoms with van der Waals surface area (Å²) in [6.45, 7) is 0. The molecular weight excluding hydrogens is 224 g/mol. The van der Waals surface area contributed by atoms with E-state index in [-0.39, 0.29) is 5.69 Å². The van der Waals surface area contributed by atoms with Gasteiger partial charge < -0.3 is 9.47 Å². The zero-order chi connectivity index (χ0) is 12.4. The quantitative estimate of drug-likeness (QED) is 0.788. The fraction of sp³-hybridized carbons (Fsp3) is 0.182. The van der Waals surface area contributed by atoms with Crippen LogP contribution in [0.1, 0.15) is 20.8 Å². The Morgan fingerprint density at radius 1 is 1.18 bits per heavy atom. The van der Waals surface area contributed by atoms with Crippen molar-refractivity contribution in [3.05, 3.63) is 29.5 Å². The molecule has 0 saturated carbocycles. The number of methoxy groups -OCH3 is 2. The Bertz CT molecular complexity index is 588. The van der Waals surface area contributed by atoms with Gasteiger partial charge in [-0.2, -0.15) is 5.10 Å². The highest BCUT2D eigenvalue weighted by Crippen LogP contribution is 2.18. The first-order chi connectivity index (χ1) is 8.17. The van der Waals surface area contributed by atoms with Gasteiger partial charge in [-0.1, -0.05) is 0 Å². The van der Waals surface area contributed by atoms with Crippen LogP contribution in [0.4, 0.5) is 0 Å². The first-order valence-electron chi connectivity index (χ1n) is 4.82. The summed E-state index contributed by atoms with van der Waals surface area (Å²) in [6.07, 6.45) is 0. The molecule has 0 fully saturated rings. The van der Waals surface area contributed by atoms with E-state index in [1.165, 1.54) is 20.3 Å². The third-order valence-electron chi connectivity index (χ3n) is 2.36. The van der Waals surface area contributed by atoms with E-state index in [0.29, 0.717) is 16.5 Å². The lowest BCUT2D eigenvalue weighted by atomic mass is 10.1. The molecule has 0 unspecified atom stereocenters. The van der Waals surface area contributed by atoms with Gasteiger partial charge in [0.05, 0.1) is 25.3 Å². The summed E-state index contributed by atoms with van der Waals surface area (Å²) >= 11 is 0. The molecule has 2 rings (SSSR count). The zero-order valence-electron chi connectivity index (χ0n) is 9.31. The molecule has 0 saturated heterocycles. The molecular formula is C11H10N2O4. The molecule has 88 valence electrons. The number of rotatable bonds is 2. The maximum atomic E-state index is 11.4. The molecule has 6 heteroatoms. The van der Waals surface area contributed by atoms with Crippen molar-refractivity contribution in [2.75, 3.05) is 14.2 Å². The van der Waals surface area contributed by atoms with Gasteiger partial charge in [0.1, 0.15) is 0 Å². The molecule has 0 atom stereocenters. The molecule has 1 aromatic carbocycles. The maximum absolute atomic E-state index is 11.4. The lowest BCUT2D eigenvalue weighted by Gasteiger charge is -1.99. The number of esters is 2. The second-order valence-corrected chi connectivity index (χ2v) is 3.32. The molecule has 0 spiro atoms. The fourth-order valence-corrected chi connectivity index (χ4v) is 1.51. The lowest BCUT2D eigenvalue weighted by molar-refractivity contribution is 0.0587. The largest absolute Gasteiger partial charge is 0.465 e. The van der Waals surface area contributed by atoms with Gasteiger partial charge in [0.15, 0.2) is 5.69 Å². The average molecular weight is 234 g/mol. The maximum Gasteiger partial charge on any atom is 0.359 e. The molecule has 0 bridgehead atoms. The molecule has 1 N–H and O–H groups in total. The summed E-state index contributed by atoms with van der Waals surface area (Å²) in [6, 6.07) is 4.78. The van der Waals surface area contributed by atoms with Crippen LogP contribution in [0.2, 0.25) is 0 Å². The van der Waals surface area contributed by atoms with E-state index in [1.807, 2.05) is 0 Å². The predicted octanol–water partition coefficient (Wildman–Crippen LogP) is 1.14. The topological polar surface area (TPSA) is 81.3 Å². The number of hydrogen-bond donors (Lipinski definition) is 1. The smallest absolute Gasteiger partial charge is 0.359 e. The Morgan fingerprint density at radius 2 is 1.88 bits per heavy atom. The molecule has 0 aliphatic rings. The minimum atomic E-state index is -0.557. The second-order valence-electron chi connectivity index (χ2n) is 3.32. The van der Waals surface area contributed by atoms with Crippen LogP contribution < -0.4 is 0 Å². The van der Waals surface area contributed by atoms with Crippen LogP contribution >= 0.6 is 0 Å². The van der Waals surface area contributed by atoms with E-state index in [0.717, 1.165) is 0 Å². The third-order valence-corrected chi connectivity index (χ3v) is 2.36. The molecule has 0 amide bonds. The number of benzene rings is 1. The van der Waals surface area contributed by atoms with E-state index in [1.54, 1.807) is 12.1 Å². The van der Waals surface area contributed by atoms with Gasteiger partial charge in [0.25, 0.3) is 0 Å². The van der Waals surface area contributed by atoms with Crippen LogP contribution in [-0.2, 0) is 9.47 Å². The van der Waals surface area contributed by atoms with Gasteiger partial charge >= 0.3 is 11.9 Å². The van der Waals surface area contributed by atoms with E-state index >= 15 is 0 Å². The van der Waals surface area contributed by atoms with Crippen LogP contribution in [0.5, 0.6) is 0 Å². The SMILES string of the molecule is COC(=O)c1ccc2[nH]nc(C(=O)OC)c2c1. The number of fused-ring (bicyclic) bond motifs is 1. The van der Waals surface area contributed by atoms with Crippen molar-refractivity contribution in [3.63, 3.8) is 0 Å². The molecule has 1 aromatic heterocycles.